The number of nitrogens with one attached hydrogen (secondary N) is 3. The number of carbonyl (C=O) groups excluding carboxylic acids is 2. The second-order valence-corrected chi connectivity index (χ2v) is 7.57. The fraction of sp³-hybridized carbons (Fsp3) is 0.579. The summed E-state index contributed by atoms with van der Waals surface area (Å²) in [6, 6.07) is 2.35. The minimum absolute atomic E-state index is 0.00406. The molecule has 2 rings (SSSR count). The summed E-state index contributed by atoms with van der Waals surface area (Å²) in [4.78, 5) is 24.9. The molecule has 1 atom stereocenters. The van der Waals surface area contributed by atoms with Crippen molar-refractivity contribution in [3.63, 3.8) is 0 Å². The molecule has 5 nitrogen and oxygen atoms in total. The number of hydrogen-bond acceptors (Lipinski definition) is 3. The Morgan fingerprint density at radius 2 is 1.77 bits per heavy atom. The van der Waals surface area contributed by atoms with E-state index < -0.39 is 29.1 Å². The van der Waals surface area contributed by atoms with Crippen molar-refractivity contribution in [2.45, 2.75) is 39.7 Å². The number of amides is 2. The average molecular weight is 367 g/mol. The lowest BCUT2D eigenvalue weighted by molar-refractivity contribution is -0.124. The second-order valence-electron chi connectivity index (χ2n) is 7.57. The maximum absolute atomic E-state index is 13.8. The van der Waals surface area contributed by atoms with Crippen molar-refractivity contribution in [2.75, 3.05) is 19.6 Å². The summed E-state index contributed by atoms with van der Waals surface area (Å²) in [6.07, 6.45) is 1.90. The first-order valence-electron chi connectivity index (χ1n) is 8.97. The highest BCUT2D eigenvalue weighted by molar-refractivity contribution is 5.98. The van der Waals surface area contributed by atoms with Crippen molar-refractivity contribution in [1.82, 2.24) is 16.0 Å². The summed E-state index contributed by atoms with van der Waals surface area (Å²) < 4.78 is 27.6. The number of benzene rings is 1. The Hall–Kier alpha value is -2.02. The monoisotopic (exact) mass is 367 g/mol. The van der Waals surface area contributed by atoms with E-state index >= 15 is 0 Å². The highest BCUT2D eigenvalue weighted by Crippen LogP contribution is 2.26. The van der Waals surface area contributed by atoms with Crippen LogP contribution in [0.25, 0.3) is 0 Å². The second kappa shape index (κ2) is 8.58. The van der Waals surface area contributed by atoms with Gasteiger partial charge >= 0.3 is 0 Å². The van der Waals surface area contributed by atoms with Gasteiger partial charge in [-0.2, -0.15) is 0 Å². The Balaban J connectivity index is 2.03. The fourth-order valence-corrected chi connectivity index (χ4v) is 3.08. The number of rotatable bonds is 6. The minimum atomic E-state index is -0.951. The Morgan fingerprint density at radius 3 is 2.31 bits per heavy atom. The third-order valence-electron chi connectivity index (χ3n) is 4.93. The molecule has 1 aromatic rings. The van der Waals surface area contributed by atoms with Crippen LogP contribution < -0.4 is 16.0 Å². The van der Waals surface area contributed by atoms with Gasteiger partial charge in [-0.15, -0.1) is 0 Å². The molecule has 7 heteroatoms. The lowest BCUT2D eigenvalue weighted by atomic mass is 9.81. The van der Waals surface area contributed by atoms with E-state index in [-0.39, 0.29) is 17.2 Å². The standard InChI is InChI=1S/C19H27F2N3O2/c1-12(2)16(18(26)23-11-19(3)7-9-22-10-8-19)24-17(25)15-13(20)5-4-6-14(15)21/h4-6,12,16,22H,7-11H2,1-3H3,(H,23,26)(H,24,25). The molecule has 2 amide bonds. The van der Waals surface area contributed by atoms with Gasteiger partial charge in [-0.25, -0.2) is 8.78 Å². The van der Waals surface area contributed by atoms with Crippen molar-refractivity contribution in [2.24, 2.45) is 11.3 Å². The molecule has 0 saturated carbocycles. The first-order chi connectivity index (χ1) is 12.2. The van der Waals surface area contributed by atoms with Gasteiger partial charge in [0.1, 0.15) is 23.2 Å². The Kier molecular flexibility index (Phi) is 6.69. The molecule has 1 heterocycles. The van der Waals surface area contributed by atoms with E-state index in [4.69, 9.17) is 0 Å². The first-order valence-corrected chi connectivity index (χ1v) is 8.97. The topological polar surface area (TPSA) is 70.2 Å². The lowest BCUT2D eigenvalue weighted by Gasteiger charge is -2.35. The molecule has 1 saturated heterocycles. The largest absolute Gasteiger partial charge is 0.354 e. The van der Waals surface area contributed by atoms with Gasteiger partial charge in [0.2, 0.25) is 5.91 Å². The highest BCUT2D eigenvalue weighted by Gasteiger charge is 2.31. The molecule has 1 unspecified atom stereocenters. The van der Waals surface area contributed by atoms with Crippen LogP contribution in [0.1, 0.15) is 44.0 Å². The summed E-state index contributed by atoms with van der Waals surface area (Å²) in [6.45, 7) is 7.97. The third-order valence-corrected chi connectivity index (χ3v) is 4.93. The third kappa shape index (κ3) is 5.00. The van der Waals surface area contributed by atoms with Crippen molar-refractivity contribution in [1.29, 1.82) is 0 Å². The number of carbonyl (C=O) groups is 2. The molecule has 0 aliphatic carbocycles. The molecule has 1 aromatic carbocycles. The molecule has 0 spiro atoms. The van der Waals surface area contributed by atoms with Gasteiger partial charge in [0.25, 0.3) is 5.91 Å². The first kappa shape index (κ1) is 20.3. The van der Waals surface area contributed by atoms with Gasteiger partial charge in [0.15, 0.2) is 0 Å². The lowest BCUT2D eigenvalue weighted by Crippen LogP contribution is -2.52. The van der Waals surface area contributed by atoms with E-state index in [1.54, 1.807) is 13.8 Å². The van der Waals surface area contributed by atoms with Gasteiger partial charge < -0.3 is 16.0 Å². The molecule has 26 heavy (non-hydrogen) atoms. The number of halogens is 2. The zero-order valence-corrected chi connectivity index (χ0v) is 15.5. The van der Waals surface area contributed by atoms with Crippen molar-refractivity contribution in [3.8, 4) is 0 Å². The van der Waals surface area contributed by atoms with E-state index in [9.17, 15) is 18.4 Å². The van der Waals surface area contributed by atoms with Crippen molar-refractivity contribution >= 4 is 11.8 Å². The average Bonchev–Trinajstić information content (AvgIpc) is 2.58. The molecule has 0 radical (unpaired) electrons. The predicted molar refractivity (Wildman–Crippen MR) is 95.7 cm³/mol. The summed E-state index contributed by atoms with van der Waals surface area (Å²) in [5, 5.41) is 8.65. The Labute approximate surface area is 152 Å². The van der Waals surface area contributed by atoms with Crippen LogP contribution in [0.4, 0.5) is 8.78 Å². The number of piperidine rings is 1. The summed E-state index contributed by atoms with van der Waals surface area (Å²) >= 11 is 0. The van der Waals surface area contributed by atoms with Crippen LogP contribution in [-0.2, 0) is 4.79 Å². The molecular formula is C19H27F2N3O2. The summed E-state index contributed by atoms with van der Waals surface area (Å²) in [5.74, 6) is -3.40. The molecular weight excluding hydrogens is 340 g/mol. The highest BCUT2D eigenvalue weighted by atomic mass is 19.1. The summed E-state index contributed by atoms with van der Waals surface area (Å²) in [5.41, 5.74) is -0.666. The molecule has 0 aromatic heterocycles. The van der Waals surface area contributed by atoms with Crippen LogP contribution in [0.15, 0.2) is 18.2 Å². The quantitative estimate of drug-likeness (QED) is 0.722. The van der Waals surface area contributed by atoms with Crippen LogP contribution >= 0.6 is 0 Å². The van der Waals surface area contributed by atoms with E-state index in [0.717, 1.165) is 38.1 Å². The maximum atomic E-state index is 13.8. The number of hydrogen-bond donors (Lipinski definition) is 3. The zero-order valence-electron chi connectivity index (χ0n) is 15.5. The molecule has 3 N–H and O–H groups in total. The SMILES string of the molecule is CC(C)C(NC(=O)c1c(F)cccc1F)C(=O)NCC1(C)CCNCC1. The van der Waals surface area contributed by atoms with E-state index in [1.807, 2.05) is 0 Å². The summed E-state index contributed by atoms with van der Waals surface area (Å²) in [7, 11) is 0. The van der Waals surface area contributed by atoms with Crippen LogP contribution in [-0.4, -0.2) is 37.5 Å². The minimum Gasteiger partial charge on any atom is -0.354 e. The van der Waals surface area contributed by atoms with Crippen molar-refractivity contribution in [3.05, 3.63) is 35.4 Å². The Bertz CT molecular complexity index is 638. The van der Waals surface area contributed by atoms with Gasteiger partial charge in [0.05, 0.1) is 0 Å². The van der Waals surface area contributed by atoms with E-state index in [0.29, 0.717) is 6.54 Å². The van der Waals surface area contributed by atoms with E-state index in [2.05, 4.69) is 22.9 Å². The fourth-order valence-electron chi connectivity index (χ4n) is 3.08. The predicted octanol–water partition coefficient (Wildman–Crippen LogP) is 2.23. The molecule has 1 fully saturated rings. The molecule has 1 aliphatic rings. The van der Waals surface area contributed by atoms with Gasteiger partial charge in [-0.1, -0.05) is 26.8 Å². The zero-order chi connectivity index (χ0) is 19.3. The van der Waals surface area contributed by atoms with E-state index in [1.165, 1.54) is 6.07 Å². The van der Waals surface area contributed by atoms with Crippen LogP contribution in [0, 0.1) is 23.0 Å². The molecule has 1 aliphatic heterocycles. The van der Waals surface area contributed by atoms with Crippen molar-refractivity contribution < 1.29 is 18.4 Å². The Morgan fingerprint density at radius 1 is 1.19 bits per heavy atom. The van der Waals surface area contributed by atoms with Gasteiger partial charge in [0, 0.05) is 6.54 Å². The van der Waals surface area contributed by atoms with Gasteiger partial charge in [-0.3, -0.25) is 9.59 Å². The maximum Gasteiger partial charge on any atom is 0.257 e. The smallest absolute Gasteiger partial charge is 0.257 e. The van der Waals surface area contributed by atoms with Crippen LogP contribution in [0.5, 0.6) is 0 Å². The molecule has 144 valence electrons. The molecule has 0 bridgehead atoms. The van der Waals surface area contributed by atoms with Crippen LogP contribution in [0.3, 0.4) is 0 Å². The van der Waals surface area contributed by atoms with Crippen LogP contribution in [0.2, 0.25) is 0 Å². The normalized spacial score (nSPS) is 17.6. The van der Waals surface area contributed by atoms with Gasteiger partial charge in [-0.05, 0) is 49.4 Å².